The number of fused-ring (bicyclic) bond motifs is 1. The number of hydrogen-bond acceptors (Lipinski definition) is 4. The molecule has 2 amide bonds. The molecule has 0 N–H and O–H groups in total. The van der Waals surface area contributed by atoms with Crippen molar-refractivity contribution in [3.05, 3.63) is 53.6 Å². The van der Waals surface area contributed by atoms with Crippen LogP contribution in [-0.4, -0.2) is 26.0 Å². The van der Waals surface area contributed by atoms with Crippen LogP contribution in [-0.2, 0) is 0 Å². The Bertz CT molecular complexity index is 704. The van der Waals surface area contributed by atoms with Crippen LogP contribution < -0.4 is 14.4 Å². The second kappa shape index (κ2) is 4.94. The number of carbonyl (C=O) groups excluding carboxylic acids is 2. The van der Waals surface area contributed by atoms with Crippen molar-refractivity contribution >= 4 is 17.5 Å². The third kappa shape index (κ3) is 1.94. The van der Waals surface area contributed by atoms with Crippen molar-refractivity contribution in [2.45, 2.75) is 0 Å². The summed E-state index contributed by atoms with van der Waals surface area (Å²) < 4.78 is 10.4. The fourth-order valence-electron chi connectivity index (χ4n) is 2.38. The van der Waals surface area contributed by atoms with Crippen LogP contribution in [0.15, 0.2) is 42.5 Å². The molecule has 106 valence electrons. The zero-order chi connectivity index (χ0) is 15.0. The molecule has 0 atom stereocenters. The molecule has 0 fully saturated rings. The Morgan fingerprint density at radius 1 is 0.857 bits per heavy atom. The zero-order valence-electron chi connectivity index (χ0n) is 11.6. The number of ether oxygens (including phenoxy) is 2. The quantitative estimate of drug-likeness (QED) is 0.812. The lowest BCUT2D eigenvalue weighted by Crippen LogP contribution is -2.29. The predicted molar refractivity (Wildman–Crippen MR) is 77.1 cm³/mol. The van der Waals surface area contributed by atoms with E-state index in [0.29, 0.717) is 28.3 Å². The highest BCUT2D eigenvalue weighted by molar-refractivity contribution is 6.34. The summed E-state index contributed by atoms with van der Waals surface area (Å²) in [4.78, 5) is 26.1. The number of carbonyl (C=O) groups is 2. The molecule has 1 heterocycles. The maximum Gasteiger partial charge on any atom is 0.266 e. The van der Waals surface area contributed by atoms with Gasteiger partial charge >= 0.3 is 0 Å². The van der Waals surface area contributed by atoms with E-state index in [1.165, 1.54) is 14.2 Å². The van der Waals surface area contributed by atoms with Gasteiger partial charge in [-0.2, -0.15) is 0 Å². The van der Waals surface area contributed by atoms with Crippen molar-refractivity contribution in [1.29, 1.82) is 0 Å². The van der Waals surface area contributed by atoms with Crippen molar-refractivity contribution in [1.82, 2.24) is 0 Å². The maximum absolute atomic E-state index is 12.5. The number of nitrogens with zero attached hydrogens (tertiary/aromatic N) is 1. The van der Waals surface area contributed by atoms with Crippen LogP contribution in [0.2, 0.25) is 0 Å². The molecular formula is C16H13NO4. The highest BCUT2D eigenvalue weighted by Gasteiger charge is 2.37. The normalized spacial score (nSPS) is 13.3. The first-order valence-electron chi connectivity index (χ1n) is 6.37. The first-order chi connectivity index (χ1) is 10.2. The van der Waals surface area contributed by atoms with E-state index < -0.39 is 0 Å². The Balaban J connectivity index is 2.14. The molecule has 0 aromatic heterocycles. The number of rotatable bonds is 3. The summed E-state index contributed by atoms with van der Waals surface area (Å²) >= 11 is 0. The summed E-state index contributed by atoms with van der Waals surface area (Å²) in [7, 11) is 3.01. The molecule has 0 bridgehead atoms. The summed E-state index contributed by atoms with van der Waals surface area (Å²) in [5.41, 5.74) is 1.17. The van der Waals surface area contributed by atoms with Gasteiger partial charge in [0, 0.05) is 6.07 Å². The van der Waals surface area contributed by atoms with Gasteiger partial charge in [-0.05, 0) is 24.3 Å². The molecule has 5 nitrogen and oxygen atoms in total. The lowest BCUT2D eigenvalue weighted by atomic mass is 10.1. The largest absolute Gasteiger partial charge is 0.497 e. The highest BCUT2D eigenvalue weighted by Crippen LogP contribution is 2.37. The Morgan fingerprint density at radius 2 is 1.48 bits per heavy atom. The van der Waals surface area contributed by atoms with Gasteiger partial charge in [-0.25, -0.2) is 4.90 Å². The summed E-state index contributed by atoms with van der Waals surface area (Å²) in [6.45, 7) is 0. The minimum Gasteiger partial charge on any atom is -0.497 e. The SMILES string of the molecule is COc1ccc(OC)c(N2C(=O)c3ccccc3C2=O)c1. The fraction of sp³-hybridized carbons (Fsp3) is 0.125. The van der Waals surface area contributed by atoms with Crippen molar-refractivity contribution < 1.29 is 19.1 Å². The molecule has 0 unspecified atom stereocenters. The van der Waals surface area contributed by atoms with Crippen molar-refractivity contribution in [2.75, 3.05) is 19.1 Å². The molecule has 0 saturated heterocycles. The lowest BCUT2D eigenvalue weighted by molar-refractivity contribution is 0.0925. The maximum atomic E-state index is 12.5. The molecule has 5 heteroatoms. The minimum atomic E-state index is -0.359. The molecule has 0 saturated carbocycles. The van der Waals surface area contributed by atoms with Gasteiger partial charge in [0.2, 0.25) is 0 Å². The molecule has 2 aromatic rings. The summed E-state index contributed by atoms with van der Waals surface area (Å²) in [6.07, 6.45) is 0. The van der Waals surface area contributed by atoms with E-state index in [-0.39, 0.29) is 11.8 Å². The molecular weight excluding hydrogens is 270 g/mol. The van der Waals surface area contributed by atoms with Crippen LogP contribution in [0.3, 0.4) is 0 Å². The smallest absolute Gasteiger partial charge is 0.266 e. The molecule has 3 rings (SSSR count). The van der Waals surface area contributed by atoms with Crippen LogP contribution in [0.1, 0.15) is 20.7 Å². The highest BCUT2D eigenvalue weighted by atomic mass is 16.5. The summed E-state index contributed by atoms with van der Waals surface area (Å²) in [5.74, 6) is 0.261. The van der Waals surface area contributed by atoms with Gasteiger partial charge in [0.05, 0.1) is 31.0 Å². The first kappa shape index (κ1) is 13.2. The Morgan fingerprint density at radius 3 is 2.00 bits per heavy atom. The van der Waals surface area contributed by atoms with E-state index in [1.54, 1.807) is 42.5 Å². The van der Waals surface area contributed by atoms with E-state index in [4.69, 9.17) is 9.47 Å². The van der Waals surface area contributed by atoms with Gasteiger partial charge in [-0.15, -0.1) is 0 Å². The van der Waals surface area contributed by atoms with E-state index >= 15 is 0 Å². The van der Waals surface area contributed by atoms with Crippen molar-refractivity contribution in [2.24, 2.45) is 0 Å². The summed E-state index contributed by atoms with van der Waals surface area (Å²) in [6, 6.07) is 11.7. The molecule has 0 spiro atoms. The predicted octanol–water partition coefficient (Wildman–Crippen LogP) is 2.50. The van der Waals surface area contributed by atoms with Crippen LogP contribution in [0.5, 0.6) is 11.5 Å². The average molecular weight is 283 g/mol. The summed E-state index contributed by atoms with van der Waals surface area (Å²) in [5, 5.41) is 0. The van der Waals surface area contributed by atoms with Crippen LogP contribution >= 0.6 is 0 Å². The molecule has 0 radical (unpaired) electrons. The first-order valence-corrected chi connectivity index (χ1v) is 6.37. The third-order valence-corrected chi connectivity index (χ3v) is 3.42. The van der Waals surface area contributed by atoms with Crippen LogP contribution in [0, 0.1) is 0 Å². The molecule has 21 heavy (non-hydrogen) atoms. The van der Waals surface area contributed by atoms with Gasteiger partial charge in [0.1, 0.15) is 11.5 Å². The number of methoxy groups -OCH3 is 2. The van der Waals surface area contributed by atoms with Gasteiger partial charge in [-0.3, -0.25) is 9.59 Å². The Hall–Kier alpha value is -2.82. The Labute approximate surface area is 121 Å². The standard InChI is InChI=1S/C16H13NO4/c1-20-10-7-8-14(21-2)13(9-10)17-15(18)11-5-3-4-6-12(11)16(17)19/h3-9H,1-2H3. The van der Waals surface area contributed by atoms with E-state index in [9.17, 15) is 9.59 Å². The molecule has 0 aliphatic carbocycles. The number of amides is 2. The number of imide groups is 1. The molecule has 1 aliphatic rings. The van der Waals surface area contributed by atoms with E-state index in [1.807, 2.05) is 0 Å². The number of hydrogen-bond donors (Lipinski definition) is 0. The molecule has 2 aromatic carbocycles. The third-order valence-electron chi connectivity index (χ3n) is 3.42. The topological polar surface area (TPSA) is 55.8 Å². The monoisotopic (exact) mass is 283 g/mol. The number of benzene rings is 2. The minimum absolute atomic E-state index is 0.359. The van der Waals surface area contributed by atoms with Gasteiger partial charge in [-0.1, -0.05) is 12.1 Å². The van der Waals surface area contributed by atoms with Gasteiger partial charge in [0.15, 0.2) is 0 Å². The van der Waals surface area contributed by atoms with Crippen molar-refractivity contribution in [3.63, 3.8) is 0 Å². The lowest BCUT2D eigenvalue weighted by Gasteiger charge is -2.18. The second-order valence-electron chi connectivity index (χ2n) is 4.53. The van der Waals surface area contributed by atoms with Gasteiger partial charge < -0.3 is 9.47 Å². The van der Waals surface area contributed by atoms with Gasteiger partial charge in [0.25, 0.3) is 11.8 Å². The van der Waals surface area contributed by atoms with E-state index in [2.05, 4.69) is 0 Å². The van der Waals surface area contributed by atoms with Crippen molar-refractivity contribution in [3.8, 4) is 11.5 Å². The second-order valence-corrected chi connectivity index (χ2v) is 4.53. The van der Waals surface area contributed by atoms with E-state index in [0.717, 1.165) is 4.90 Å². The zero-order valence-corrected chi connectivity index (χ0v) is 11.6. The average Bonchev–Trinajstić information content (AvgIpc) is 2.78. The molecule has 1 aliphatic heterocycles. The van der Waals surface area contributed by atoms with Crippen LogP contribution in [0.25, 0.3) is 0 Å². The van der Waals surface area contributed by atoms with Crippen LogP contribution in [0.4, 0.5) is 5.69 Å². The number of anilines is 1. The fourth-order valence-corrected chi connectivity index (χ4v) is 2.38. The Kier molecular flexibility index (Phi) is 3.10.